The molecule has 1 atom stereocenters. The molecule has 2 nitrogen and oxygen atoms in total. The second-order valence-corrected chi connectivity index (χ2v) is 5.43. The van der Waals surface area contributed by atoms with Crippen molar-refractivity contribution in [2.24, 2.45) is 11.8 Å². The van der Waals surface area contributed by atoms with Gasteiger partial charge in [-0.1, -0.05) is 25.1 Å². The van der Waals surface area contributed by atoms with Crippen molar-refractivity contribution >= 4 is 5.78 Å². The number of hydrogen-bond acceptors (Lipinski definition) is 2. The van der Waals surface area contributed by atoms with Gasteiger partial charge in [-0.05, 0) is 55.2 Å². The van der Waals surface area contributed by atoms with Crippen molar-refractivity contribution in [1.29, 1.82) is 0 Å². The van der Waals surface area contributed by atoms with Crippen LogP contribution in [0, 0.1) is 11.8 Å². The molecule has 2 heteroatoms. The molecule has 0 saturated heterocycles. The van der Waals surface area contributed by atoms with Crippen LogP contribution in [0.4, 0.5) is 0 Å². The topological polar surface area (TPSA) is 26.3 Å². The number of Topliss-reactive ketones (excluding diaryl/α,β-unsaturated/α-hetero) is 1. The summed E-state index contributed by atoms with van der Waals surface area (Å²) in [7, 11) is 0. The van der Waals surface area contributed by atoms with E-state index in [1.165, 1.54) is 12.8 Å². The number of hydrogen-bond donors (Lipinski definition) is 0. The molecule has 0 amide bonds. The molecular weight excluding hydrogens is 248 g/mol. The molecule has 2 aromatic rings. The van der Waals surface area contributed by atoms with Gasteiger partial charge in [0, 0.05) is 11.5 Å². The van der Waals surface area contributed by atoms with Crippen LogP contribution in [-0.2, 0) is 0 Å². The average Bonchev–Trinajstić information content (AvgIpc) is 3.32. The lowest BCUT2D eigenvalue weighted by Crippen LogP contribution is -2.12. The van der Waals surface area contributed by atoms with Gasteiger partial charge in [0.15, 0.2) is 5.78 Å². The standard InChI is InChI=1S/C18H18O2/c1-13(14-7-8-14)18(19)15-9-11-17(12-10-15)20-16-5-3-2-4-6-16/h2-6,9-14H,7-8H2,1H3. The van der Waals surface area contributed by atoms with E-state index < -0.39 is 0 Å². The Kier molecular flexibility index (Phi) is 3.55. The monoisotopic (exact) mass is 266 g/mol. The highest BCUT2D eigenvalue weighted by atomic mass is 16.5. The molecule has 0 radical (unpaired) electrons. The second-order valence-electron chi connectivity index (χ2n) is 5.43. The Morgan fingerprint density at radius 1 is 1.00 bits per heavy atom. The first-order valence-corrected chi connectivity index (χ1v) is 7.11. The molecule has 0 N–H and O–H groups in total. The van der Waals surface area contributed by atoms with Gasteiger partial charge in [-0.2, -0.15) is 0 Å². The van der Waals surface area contributed by atoms with Crippen molar-refractivity contribution in [3.8, 4) is 11.5 Å². The lowest BCUT2D eigenvalue weighted by atomic mass is 9.95. The summed E-state index contributed by atoms with van der Waals surface area (Å²) in [4.78, 5) is 12.3. The molecular formula is C18H18O2. The molecule has 1 saturated carbocycles. The van der Waals surface area contributed by atoms with Crippen LogP contribution in [0.25, 0.3) is 0 Å². The fourth-order valence-electron chi connectivity index (χ4n) is 2.39. The lowest BCUT2D eigenvalue weighted by molar-refractivity contribution is 0.0916. The summed E-state index contributed by atoms with van der Waals surface area (Å²) in [5.41, 5.74) is 0.782. The van der Waals surface area contributed by atoms with Gasteiger partial charge in [0.2, 0.25) is 0 Å². The molecule has 1 aliphatic rings. The van der Waals surface area contributed by atoms with Gasteiger partial charge < -0.3 is 4.74 Å². The van der Waals surface area contributed by atoms with E-state index in [2.05, 4.69) is 0 Å². The zero-order valence-corrected chi connectivity index (χ0v) is 11.6. The predicted octanol–water partition coefficient (Wildman–Crippen LogP) is 4.71. The largest absolute Gasteiger partial charge is 0.457 e. The molecule has 3 rings (SSSR count). The smallest absolute Gasteiger partial charge is 0.165 e. The van der Waals surface area contributed by atoms with E-state index >= 15 is 0 Å². The van der Waals surface area contributed by atoms with E-state index in [1.54, 1.807) is 0 Å². The highest BCUT2D eigenvalue weighted by Crippen LogP contribution is 2.38. The fraction of sp³-hybridized carbons (Fsp3) is 0.278. The van der Waals surface area contributed by atoms with Crippen molar-refractivity contribution in [3.05, 3.63) is 60.2 Å². The number of carbonyl (C=O) groups excluding carboxylic acids is 1. The summed E-state index contributed by atoms with van der Waals surface area (Å²) in [5.74, 6) is 2.56. The summed E-state index contributed by atoms with van der Waals surface area (Å²) in [6.07, 6.45) is 2.39. The Hall–Kier alpha value is -2.09. The summed E-state index contributed by atoms with van der Waals surface area (Å²) >= 11 is 0. The Morgan fingerprint density at radius 3 is 2.20 bits per heavy atom. The Labute approximate surface area is 119 Å². The third-order valence-corrected chi connectivity index (χ3v) is 3.86. The van der Waals surface area contributed by atoms with Gasteiger partial charge >= 0.3 is 0 Å². The highest BCUT2D eigenvalue weighted by Gasteiger charge is 2.32. The van der Waals surface area contributed by atoms with Crippen LogP contribution < -0.4 is 4.74 Å². The van der Waals surface area contributed by atoms with Crippen LogP contribution in [0.15, 0.2) is 54.6 Å². The van der Waals surface area contributed by atoms with Crippen LogP contribution in [0.5, 0.6) is 11.5 Å². The van der Waals surface area contributed by atoms with Gasteiger partial charge in [-0.25, -0.2) is 0 Å². The van der Waals surface area contributed by atoms with Crippen LogP contribution >= 0.6 is 0 Å². The van der Waals surface area contributed by atoms with Gasteiger partial charge in [0.25, 0.3) is 0 Å². The quantitative estimate of drug-likeness (QED) is 0.733. The number of carbonyl (C=O) groups is 1. The number of ketones is 1. The molecule has 0 aliphatic heterocycles. The van der Waals surface area contributed by atoms with Crippen molar-refractivity contribution in [2.75, 3.05) is 0 Å². The number of benzene rings is 2. The van der Waals surface area contributed by atoms with E-state index in [1.807, 2.05) is 61.5 Å². The zero-order valence-electron chi connectivity index (χ0n) is 11.6. The molecule has 1 unspecified atom stereocenters. The molecule has 0 spiro atoms. The minimum atomic E-state index is 0.149. The number of para-hydroxylation sites is 1. The first kappa shape index (κ1) is 12.9. The molecule has 0 aromatic heterocycles. The Balaban J connectivity index is 1.69. The van der Waals surface area contributed by atoms with Gasteiger partial charge in [0.1, 0.15) is 11.5 Å². The Bertz CT molecular complexity index is 583. The van der Waals surface area contributed by atoms with Gasteiger partial charge in [0.05, 0.1) is 0 Å². The summed E-state index contributed by atoms with van der Waals surface area (Å²) in [5, 5.41) is 0. The van der Waals surface area contributed by atoms with Gasteiger partial charge in [-0.15, -0.1) is 0 Å². The minimum Gasteiger partial charge on any atom is -0.457 e. The normalized spacial score (nSPS) is 15.7. The maximum atomic E-state index is 12.3. The maximum absolute atomic E-state index is 12.3. The van der Waals surface area contributed by atoms with Crippen molar-refractivity contribution in [2.45, 2.75) is 19.8 Å². The van der Waals surface area contributed by atoms with E-state index in [-0.39, 0.29) is 11.7 Å². The highest BCUT2D eigenvalue weighted by molar-refractivity contribution is 5.98. The molecule has 20 heavy (non-hydrogen) atoms. The lowest BCUT2D eigenvalue weighted by Gasteiger charge is -2.10. The molecule has 0 bridgehead atoms. The first-order chi connectivity index (χ1) is 9.74. The Morgan fingerprint density at radius 2 is 1.60 bits per heavy atom. The third kappa shape index (κ3) is 2.90. The second kappa shape index (κ2) is 5.49. The molecule has 102 valence electrons. The summed E-state index contributed by atoms with van der Waals surface area (Å²) < 4.78 is 5.72. The van der Waals surface area contributed by atoms with Crippen LogP contribution in [-0.4, -0.2) is 5.78 Å². The molecule has 1 aliphatic carbocycles. The minimum absolute atomic E-state index is 0.149. The van der Waals surface area contributed by atoms with Gasteiger partial charge in [-0.3, -0.25) is 4.79 Å². The van der Waals surface area contributed by atoms with Crippen molar-refractivity contribution in [1.82, 2.24) is 0 Å². The molecule has 2 aromatic carbocycles. The van der Waals surface area contributed by atoms with Crippen molar-refractivity contribution < 1.29 is 9.53 Å². The summed E-state index contributed by atoms with van der Waals surface area (Å²) in [6, 6.07) is 17.1. The van der Waals surface area contributed by atoms with Crippen LogP contribution in [0.3, 0.4) is 0 Å². The third-order valence-electron chi connectivity index (χ3n) is 3.86. The fourth-order valence-corrected chi connectivity index (χ4v) is 2.39. The zero-order chi connectivity index (χ0) is 13.9. The maximum Gasteiger partial charge on any atom is 0.165 e. The van der Waals surface area contributed by atoms with E-state index in [9.17, 15) is 4.79 Å². The van der Waals surface area contributed by atoms with E-state index in [4.69, 9.17) is 4.74 Å². The van der Waals surface area contributed by atoms with Crippen molar-refractivity contribution in [3.63, 3.8) is 0 Å². The van der Waals surface area contributed by atoms with Crippen LogP contribution in [0.1, 0.15) is 30.1 Å². The van der Waals surface area contributed by atoms with E-state index in [0.29, 0.717) is 5.92 Å². The average molecular weight is 266 g/mol. The SMILES string of the molecule is CC(C(=O)c1ccc(Oc2ccccc2)cc1)C1CC1. The number of rotatable bonds is 5. The van der Waals surface area contributed by atoms with Crippen LogP contribution in [0.2, 0.25) is 0 Å². The number of ether oxygens (including phenoxy) is 1. The molecule has 1 fully saturated rings. The molecule has 0 heterocycles. The first-order valence-electron chi connectivity index (χ1n) is 7.11. The van der Waals surface area contributed by atoms with E-state index in [0.717, 1.165) is 17.1 Å². The summed E-state index contributed by atoms with van der Waals surface area (Å²) in [6.45, 7) is 2.04. The predicted molar refractivity (Wildman–Crippen MR) is 79.2 cm³/mol.